The fraction of sp³-hybridized carbons (Fsp3) is 0.105. The molecule has 104 valence electrons. The van der Waals surface area contributed by atoms with E-state index in [0.29, 0.717) is 0 Å². The summed E-state index contributed by atoms with van der Waals surface area (Å²) in [4.78, 5) is 8.41. The van der Waals surface area contributed by atoms with E-state index in [2.05, 4.69) is 29.2 Å². The molecule has 0 aliphatic carbocycles. The molecule has 0 bridgehead atoms. The van der Waals surface area contributed by atoms with Crippen molar-refractivity contribution >= 4 is 17.4 Å². The van der Waals surface area contributed by atoms with Gasteiger partial charge in [0.15, 0.2) is 0 Å². The number of allylic oxidation sites excluding steroid dienone is 2. The van der Waals surface area contributed by atoms with Gasteiger partial charge in [-0.2, -0.15) is 9.98 Å². The Morgan fingerprint density at radius 2 is 1.10 bits per heavy atom. The average molecular weight is 274 g/mol. The number of aliphatic imine (C=N–C) groups is 2. The van der Waals surface area contributed by atoms with Crippen LogP contribution in [0.3, 0.4) is 0 Å². The maximum absolute atomic E-state index is 4.20. The van der Waals surface area contributed by atoms with Gasteiger partial charge in [0.05, 0.1) is 11.4 Å². The lowest BCUT2D eigenvalue weighted by atomic mass is 10.1. The molecule has 0 fully saturated rings. The largest absolute Gasteiger partial charge is 0.188 e. The summed E-state index contributed by atoms with van der Waals surface area (Å²) >= 11 is 0. The summed E-state index contributed by atoms with van der Waals surface area (Å²) in [6.07, 6.45) is 5.51. The first-order valence-corrected chi connectivity index (χ1v) is 6.88. The van der Waals surface area contributed by atoms with Crippen molar-refractivity contribution in [2.24, 2.45) is 9.98 Å². The van der Waals surface area contributed by atoms with E-state index < -0.39 is 0 Å². The topological polar surface area (TPSA) is 24.7 Å². The van der Waals surface area contributed by atoms with Gasteiger partial charge in [-0.3, -0.25) is 0 Å². The summed E-state index contributed by atoms with van der Waals surface area (Å²) in [7, 11) is 0. The minimum absolute atomic E-state index is 0.842. The van der Waals surface area contributed by atoms with Crippen LogP contribution in [0.2, 0.25) is 0 Å². The molecule has 0 saturated heterocycles. The maximum atomic E-state index is 4.20. The Balaban J connectivity index is 2.05. The Bertz CT molecular complexity index is 600. The highest BCUT2D eigenvalue weighted by molar-refractivity contribution is 5.58. The lowest BCUT2D eigenvalue weighted by Crippen LogP contribution is -1.78. The van der Waals surface area contributed by atoms with Crippen LogP contribution in [0.4, 0.5) is 11.4 Å². The molecule has 0 spiro atoms. The number of hydrogen-bond donors (Lipinski definition) is 0. The third kappa shape index (κ3) is 4.72. The van der Waals surface area contributed by atoms with E-state index in [1.807, 2.05) is 60.7 Å². The second-order valence-electron chi connectivity index (χ2n) is 4.64. The summed E-state index contributed by atoms with van der Waals surface area (Å²) in [6, 6.07) is 18.7. The third-order valence-electron chi connectivity index (χ3n) is 2.99. The first-order chi connectivity index (χ1) is 10.3. The Kier molecular flexibility index (Phi) is 5.45. The molecule has 2 aromatic carbocycles. The standard InChI is InChI=1S/C19H18N2/c1-3-5-16-7-11-18(12-8-16)20-15-21-19-13-9-17(6-4-2)10-14-19/h3-4,7-14H,1-2,5-6H2. The highest BCUT2D eigenvalue weighted by Gasteiger charge is 1.91. The van der Waals surface area contributed by atoms with E-state index in [-0.39, 0.29) is 0 Å². The molecular formula is C19H18N2. The number of benzene rings is 2. The van der Waals surface area contributed by atoms with Crippen molar-refractivity contribution < 1.29 is 0 Å². The van der Waals surface area contributed by atoms with Crippen molar-refractivity contribution in [3.05, 3.63) is 85.0 Å². The van der Waals surface area contributed by atoms with Crippen molar-refractivity contribution in [1.82, 2.24) is 0 Å². The second kappa shape index (κ2) is 7.78. The van der Waals surface area contributed by atoms with Crippen LogP contribution < -0.4 is 0 Å². The molecule has 21 heavy (non-hydrogen) atoms. The predicted molar refractivity (Wildman–Crippen MR) is 89.9 cm³/mol. The maximum Gasteiger partial charge on any atom is 0.100 e. The summed E-state index contributed by atoms with van der Waals surface area (Å²) in [6.45, 7) is 7.45. The number of rotatable bonds is 6. The highest BCUT2D eigenvalue weighted by atomic mass is 14.8. The molecule has 2 rings (SSSR count). The van der Waals surface area contributed by atoms with E-state index in [9.17, 15) is 0 Å². The van der Waals surface area contributed by atoms with Gasteiger partial charge < -0.3 is 0 Å². The van der Waals surface area contributed by atoms with Crippen LogP contribution in [0.25, 0.3) is 0 Å². The van der Waals surface area contributed by atoms with Gasteiger partial charge in [-0.25, -0.2) is 0 Å². The Labute approximate surface area is 125 Å². The first-order valence-electron chi connectivity index (χ1n) is 6.88. The van der Waals surface area contributed by atoms with Crippen LogP contribution in [0.15, 0.2) is 83.8 Å². The van der Waals surface area contributed by atoms with Gasteiger partial charge in [0, 0.05) is 0 Å². The molecular weight excluding hydrogens is 256 g/mol. The molecule has 0 aliphatic heterocycles. The molecule has 2 heteroatoms. The Morgan fingerprint density at radius 3 is 1.43 bits per heavy atom. The second-order valence-corrected chi connectivity index (χ2v) is 4.64. The lowest BCUT2D eigenvalue weighted by Gasteiger charge is -1.96. The summed E-state index contributed by atoms with van der Waals surface area (Å²) in [5.41, 5.74) is 4.13. The molecule has 2 nitrogen and oxygen atoms in total. The zero-order valence-corrected chi connectivity index (χ0v) is 12.0. The van der Waals surface area contributed by atoms with Crippen LogP contribution in [0.5, 0.6) is 0 Å². The molecule has 0 saturated carbocycles. The van der Waals surface area contributed by atoms with Gasteiger partial charge in [0.1, 0.15) is 6.01 Å². The third-order valence-corrected chi connectivity index (χ3v) is 2.99. The van der Waals surface area contributed by atoms with E-state index in [1.165, 1.54) is 11.1 Å². The molecule has 0 amide bonds. The van der Waals surface area contributed by atoms with Gasteiger partial charge in [0.25, 0.3) is 0 Å². The van der Waals surface area contributed by atoms with Crippen LogP contribution in [0, 0.1) is 0 Å². The molecule has 0 aliphatic rings. The summed E-state index contributed by atoms with van der Waals surface area (Å²) < 4.78 is 0. The van der Waals surface area contributed by atoms with E-state index in [1.54, 1.807) is 0 Å². The van der Waals surface area contributed by atoms with E-state index in [0.717, 1.165) is 24.2 Å². The van der Waals surface area contributed by atoms with Crippen molar-refractivity contribution in [3.8, 4) is 0 Å². The monoisotopic (exact) mass is 274 g/mol. The van der Waals surface area contributed by atoms with E-state index >= 15 is 0 Å². The average Bonchev–Trinajstić information content (AvgIpc) is 2.51. The van der Waals surface area contributed by atoms with Gasteiger partial charge in [0.2, 0.25) is 0 Å². The molecule has 0 atom stereocenters. The normalized spacial score (nSPS) is 9.52. The molecule has 0 unspecified atom stereocenters. The molecule has 0 N–H and O–H groups in total. The van der Waals surface area contributed by atoms with E-state index in [4.69, 9.17) is 0 Å². The number of hydrogen-bond acceptors (Lipinski definition) is 2. The quantitative estimate of drug-likeness (QED) is 0.505. The smallest absolute Gasteiger partial charge is 0.100 e. The Hall–Kier alpha value is -2.70. The minimum Gasteiger partial charge on any atom is -0.188 e. The molecule has 0 heterocycles. The van der Waals surface area contributed by atoms with Gasteiger partial charge in [-0.05, 0) is 48.2 Å². The van der Waals surface area contributed by atoms with Crippen LogP contribution in [-0.2, 0) is 12.8 Å². The highest BCUT2D eigenvalue weighted by Crippen LogP contribution is 2.15. The van der Waals surface area contributed by atoms with Crippen LogP contribution in [-0.4, -0.2) is 6.01 Å². The fourth-order valence-corrected chi connectivity index (χ4v) is 1.89. The first kappa shape index (κ1) is 14.7. The lowest BCUT2D eigenvalue weighted by molar-refractivity contribution is 1.27. The zero-order valence-electron chi connectivity index (χ0n) is 12.0. The zero-order chi connectivity index (χ0) is 14.9. The van der Waals surface area contributed by atoms with Crippen molar-refractivity contribution in [1.29, 1.82) is 0 Å². The van der Waals surface area contributed by atoms with Gasteiger partial charge >= 0.3 is 0 Å². The van der Waals surface area contributed by atoms with Gasteiger partial charge in [-0.1, -0.05) is 36.4 Å². The fourth-order valence-electron chi connectivity index (χ4n) is 1.89. The molecule has 0 aromatic heterocycles. The molecule has 0 radical (unpaired) electrons. The van der Waals surface area contributed by atoms with Crippen molar-refractivity contribution in [2.75, 3.05) is 0 Å². The van der Waals surface area contributed by atoms with Crippen LogP contribution >= 0.6 is 0 Å². The number of nitrogens with zero attached hydrogens (tertiary/aromatic N) is 2. The summed E-state index contributed by atoms with van der Waals surface area (Å²) in [5, 5.41) is 0. The summed E-state index contributed by atoms with van der Waals surface area (Å²) in [5.74, 6) is 0. The van der Waals surface area contributed by atoms with Gasteiger partial charge in [-0.15, -0.1) is 13.2 Å². The molecule has 2 aromatic rings. The van der Waals surface area contributed by atoms with Crippen LogP contribution in [0.1, 0.15) is 11.1 Å². The Morgan fingerprint density at radius 1 is 0.714 bits per heavy atom. The van der Waals surface area contributed by atoms with Crippen molar-refractivity contribution in [2.45, 2.75) is 12.8 Å². The minimum atomic E-state index is 0.842. The predicted octanol–water partition coefficient (Wildman–Crippen LogP) is 5.28. The SMILES string of the molecule is C=CCc1ccc(N=C=Nc2ccc(CC=C)cc2)cc1. The van der Waals surface area contributed by atoms with Crippen molar-refractivity contribution in [3.63, 3.8) is 0 Å².